The van der Waals surface area contributed by atoms with Crippen molar-refractivity contribution in [2.45, 2.75) is 12.6 Å². The maximum absolute atomic E-state index is 11.0. The van der Waals surface area contributed by atoms with Gasteiger partial charge in [0.05, 0.1) is 0 Å². The van der Waals surface area contributed by atoms with Gasteiger partial charge in [-0.05, 0) is 48.2 Å². The molecule has 0 amide bonds. The molecule has 2 N–H and O–H groups in total. The smallest absolute Gasteiger partial charge is 0.129 e. The Morgan fingerprint density at radius 1 is 1.22 bits per heavy atom. The molecule has 0 radical (unpaired) electrons. The lowest BCUT2D eigenvalue weighted by Crippen LogP contribution is -2.12. The van der Waals surface area contributed by atoms with E-state index in [2.05, 4.69) is 21.8 Å². The van der Waals surface area contributed by atoms with Gasteiger partial charge in [0, 0.05) is 48.1 Å². The molecule has 0 saturated heterocycles. The topological polar surface area (TPSA) is 57.5 Å². The van der Waals surface area contributed by atoms with Gasteiger partial charge in [0.25, 0.3) is 0 Å². The Morgan fingerprint density at radius 3 is 2.70 bits per heavy atom. The van der Waals surface area contributed by atoms with Crippen LogP contribution in [0.5, 0.6) is 0 Å². The quantitative estimate of drug-likeness (QED) is 0.210. The standard InChI is InChI=1S/C19H18Cl2N3OPS/c1-22-26-11-23-10-17-15(19(25)12-2-4-14(20)5-3-12)9-16(27-17)13-6-7-24-18(21)8-13/h2-9,19,23,25-26H,1,10-11H2. The number of benzene rings is 1. The Balaban J connectivity index is 1.93. The van der Waals surface area contributed by atoms with E-state index in [0.717, 1.165) is 32.7 Å². The van der Waals surface area contributed by atoms with Crippen LogP contribution in [0.1, 0.15) is 22.1 Å². The van der Waals surface area contributed by atoms with Gasteiger partial charge in [0.15, 0.2) is 0 Å². The monoisotopic (exact) mass is 437 g/mol. The Labute approximate surface area is 174 Å². The average molecular weight is 438 g/mol. The third-order valence-electron chi connectivity index (χ3n) is 3.93. The van der Waals surface area contributed by atoms with Gasteiger partial charge >= 0.3 is 0 Å². The maximum Gasteiger partial charge on any atom is 0.129 e. The normalized spacial score (nSPS) is 12.6. The summed E-state index contributed by atoms with van der Waals surface area (Å²) in [5.41, 5.74) is 2.64. The molecule has 0 aliphatic carbocycles. The van der Waals surface area contributed by atoms with Crippen LogP contribution in [-0.4, -0.2) is 23.1 Å². The molecule has 0 aliphatic rings. The van der Waals surface area contributed by atoms with Crippen molar-refractivity contribution in [1.82, 2.24) is 10.3 Å². The predicted molar refractivity (Wildman–Crippen MR) is 118 cm³/mol. The summed E-state index contributed by atoms with van der Waals surface area (Å²) < 4.78 is 3.88. The van der Waals surface area contributed by atoms with E-state index >= 15 is 0 Å². The summed E-state index contributed by atoms with van der Waals surface area (Å²) in [7, 11) is 0.412. The molecule has 0 fully saturated rings. The Morgan fingerprint density at radius 2 is 2.00 bits per heavy atom. The van der Waals surface area contributed by atoms with E-state index in [1.54, 1.807) is 29.7 Å². The van der Waals surface area contributed by atoms with Crippen molar-refractivity contribution < 1.29 is 5.11 Å². The predicted octanol–water partition coefficient (Wildman–Crippen LogP) is 5.54. The average Bonchev–Trinajstić information content (AvgIpc) is 3.09. The van der Waals surface area contributed by atoms with E-state index in [4.69, 9.17) is 23.2 Å². The third-order valence-corrected chi connectivity index (χ3v) is 6.22. The highest BCUT2D eigenvalue weighted by molar-refractivity contribution is 7.36. The van der Waals surface area contributed by atoms with Gasteiger partial charge in [-0.1, -0.05) is 35.3 Å². The van der Waals surface area contributed by atoms with Crippen molar-refractivity contribution in [3.8, 4) is 10.4 Å². The van der Waals surface area contributed by atoms with Crippen molar-refractivity contribution in [3.63, 3.8) is 0 Å². The zero-order valence-corrected chi connectivity index (χ0v) is 17.7. The van der Waals surface area contributed by atoms with Crippen molar-refractivity contribution >= 4 is 50.0 Å². The lowest BCUT2D eigenvalue weighted by atomic mass is 10.0. The molecule has 8 heteroatoms. The number of thiophene rings is 1. The highest BCUT2D eigenvalue weighted by atomic mass is 35.5. The van der Waals surface area contributed by atoms with Gasteiger partial charge in [-0.25, -0.2) is 4.98 Å². The van der Waals surface area contributed by atoms with E-state index < -0.39 is 6.10 Å². The van der Waals surface area contributed by atoms with Gasteiger partial charge in [-0.3, -0.25) is 4.76 Å². The van der Waals surface area contributed by atoms with E-state index in [0.29, 0.717) is 25.5 Å². The first-order valence-electron chi connectivity index (χ1n) is 8.16. The van der Waals surface area contributed by atoms with Crippen LogP contribution in [0.25, 0.3) is 10.4 Å². The van der Waals surface area contributed by atoms with Crippen molar-refractivity contribution in [2.75, 3.05) is 6.29 Å². The van der Waals surface area contributed by atoms with Gasteiger partial charge < -0.3 is 10.4 Å². The zero-order valence-electron chi connectivity index (χ0n) is 14.3. The lowest BCUT2D eigenvalue weighted by Gasteiger charge is -2.13. The number of aliphatic hydroxyl groups is 1. The van der Waals surface area contributed by atoms with Crippen LogP contribution in [0.3, 0.4) is 0 Å². The minimum atomic E-state index is -0.735. The van der Waals surface area contributed by atoms with Crippen molar-refractivity contribution in [2.24, 2.45) is 4.76 Å². The van der Waals surface area contributed by atoms with Crippen LogP contribution in [-0.2, 0) is 6.54 Å². The number of aliphatic hydroxyl groups excluding tert-OH is 1. The highest BCUT2D eigenvalue weighted by Crippen LogP contribution is 2.37. The number of hydrogen-bond acceptors (Lipinski definition) is 5. The summed E-state index contributed by atoms with van der Waals surface area (Å²) >= 11 is 13.6. The number of halogens is 2. The van der Waals surface area contributed by atoms with E-state index in [-0.39, 0.29) is 0 Å². The van der Waals surface area contributed by atoms with Gasteiger partial charge in [-0.2, -0.15) is 0 Å². The summed E-state index contributed by atoms with van der Waals surface area (Å²) in [6, 6.07) is 13.0. The second kappa shape index (κ2) is 9.74. The molecule has 2 atom stereocenters. The molecule has 140 valence electrons. The number of pyridine rings is 1. The van der Waals surface area contributed by atoms with E-state index in [9.17, 15) is 5.11 Å². The van der Waals surface area contributed by atoms with E-state index in [1.807, 2.05) is 30.3 Å². The molecule has 0 saturated carbocycles. The Kier molecular flexibility index (Phi) is 7.36. The number of nitrogens with zero attached hydrogens (tertiary/aromatic N) is 2. The molecule has 0 aliphatic heterocycles. The number of hydrogen-bond donors (Lipinski definition) is 2. The molecule has 4 nitrogen and oxygen atoms in total. The maximum atomic E-state index is 11.0. The highest BCUT2D eigenvalue weighted by Gasteiger charge is 2.19. The fraction of sp³-hybridized carbons (Fsp3) is 0.158. The SMILES string of the molecule is C=NPCNCc1sc(-c2ccnc(Cl)c2)cc1C(O)c1ccc(Cl)cc1. The molecule has 2 aromatic heterocycles. The first-order chi connectivity index (χ1) is 13.1. The Hall–Kier alpha value is -1.33. The zero-order chi connectivity index (χ0) is 19.2. The minimum Gasteiger partial charge on any atom is -0.384 e. The van der Waals surface area contributed by atoms with E-state index in [1.165, 1.54) is 0 Å². The second-order valence-corrected chi connectivity index (χ2v) is 8.68. The molecule has 0 spiro atoms. The second-order valence-electron chi connectivity index (χ2n) is 5.73. The van der Waals surface area contributed by atoms with Gasteiger partial charge in [0.1, 0.15) is 11.3 Å². The fourth-order valence-electron chi connectivity index (χ4n) is 2.62. The van der Waals surface area contributed by atoms with Gasteiger partial charge in [0.2, 0.25) is 0 Å². The van der Waals surface area contributed by atoms with Crippen molar-refractivity contribution in [1.29, 1.82) is 0 Å². The Bertz CT molecular complexity index is 918. The number of nitrogens with one attached hydrogen (secondary N) is 1. The molecular weight excluding hydrogens is 420 g/mol. The molecular formula is C19H18Cl2N3OPS. The first-order valence-corrected chi connectivity index (χ1v) is 10.9. The third kappa shape index (κ3) is 5.35. The molecule has 27 heavy (non-hydrogen) atoms. The summed E-state index contributed by atoms with van der Waals surface area (Å²) in [4.78, 5) is 6.13. The minimum absolute atomic E-state index is 0.412. The van der Waals surface area contributed by atoms with Crippen LogP contribution in [0.4, 0.5) is 0 Å². The molecule has 3 rings (SSSR count). The molecule has 2 unspecified atom stereocenters. The van der Waals surface area contributed by atoms with Crippen LogP contribution in [0, 0.1) is 0 Å². The van der Waals surface area contributed by atoms with Gasteiger partial charge in [-0.15, -0.1) is 11.3 Å². The molecule has 3 aromatic rings. The number of rotatable bonds is 8. The van der Waals surface area contributed by atoms with Crippen molar-refractivity contribution in [3.05, 3.63) is 74.8 Å². The van der Waals surface area contributed by atoms with Crippen LogP contribution < -0.4 is 5.32 Å². The lowest BCUT2D eigenvalue weighted by molar-refractivity contribution is 0.219. The summed E-state index contributed by atoms with van der Waals surface area (Å²) in [5, 5.41) is 15.4. The van der Waals surface area contributed by atoms with Crippen LogP contribution in [0.2, 0.25) is 10.2 Å². The van der Waals surface area contributed by atoms with Crippen LogP contribution >= 0.6 is 43.3 Å². The van der Waals surface area contributed by atoms with Crippen LogP contribution in [0.15, 0.2) is 53.4 Å². The summed E-state index contributed by atoms with van der Waals surface area (Å²) in [6.07, 6.45) is 1.71. The fourth-order valence-corrected chi connectivity index (χ4v) is 4.43. The summed E-state index contributed by atoms with van der Waals surface area (Å²) in [6.45, 7) is 4.15. The molecule has 0 bridgehead atoms. The first kappa shape index (κ1) is 20.4. The summed E-state index contributed by atoms with van der Waals surface area (Å²) in [5.74, 6) is 0. The molecule has 1 aromatic carbocycles. The number of aromatic nitrogens is 1. The largest absolute Gasteiger partial charge is 0.384 e. The molecule has 2 heterocycles.